The number of aromatic nitrogens is 4. The number of nitrogens with one attached hydrogen (secondary N) is 2. The van der Waals surface area contributed by atoms with Gasteiger partial charge in [-0.2, -0.15) is 9.78 Å². The Hall–Kier alpha value is -5.32. The molecule has 0 aliphatic heterocycles. The van der Waals surface area contributed by atoms with E-state index in [1.54, 1.807) is 25.1 Å². The molecule has 5 aromatic rings. The number of amides is 1. The second-order valence-corrected chi connectivity index (χ2v) is 7.84. The molecule has 0 saturated heterocycles. The maximum Gasteiger partial charge on any atom is 0.273 e. The van der Waals surface area contributed by atoms with Crippen LogP contribution in [0.4, 0.5) is 11.5 Å². The highest BCUT2D eigenvalue weighted by Gasteiger charge is 2.20. The summed E-state index contributed by atoms with van der Waals surface area (Å²) in [6, 6.07) is 19.6. The minimum Gasteiger partial charge on any atom is -0.463 e. The highest BCUT2D eigenvalue weighted by atomic mass is 16.6. The highest BCUT2D eigenvalue weighted by molar-refractivity contribution is 6.04. The number of hydrogen-bond acceptors (Lipinski definition) is 7. The summed E-state index contributed by atoms with van der Waals surface area (Å²) in [5.41, 5.74) is 1.43. The van der Waals surface area contributed by atoms with Crippen molar-refractivity contribution in [3.8, 4) is 28.7 Å². The number of H-pyrrole nitrogens is 1. The molecule has 0 unspecified atom stereocenters. The van der Waals surface area contributed by atoms with Crippen LogP contribution < -0.4 is 10.9 Å². The minimum absolute atomic E-state index is 0.0596. The molecule has 2 aromatic carbocycles. The Balaban J connectivity index is 1.59. The lowest BCUT2D eigenvalue weighted by atomic mass is 10.1. The summed E-state index contributed by atoms with van der Waals surface area (Å²) in [5.74, 6) is 0.0518. The Labute approximate surface area is 203 Å². The van der Waals surface area contributed by atoms with Gasteiger partial charge in [-0.05, 0) is 25.1 Å². The van der Waals surface area contributed by atoms with Gasteiger partial charge in [-0.15, -0.1) is 0 Å². The van der Waals surface area contributed by atoms with E-state index in [4.69, 9.17) is 4.42 Å². The maximum absolute atomic E-state index is 13.0. The number of furan rings is 1. The van der Waals surface area contributed by atoms with Crippen molar-refractivity contribution in [1.29, 1.82) is 0 Å². The van der Waals surface area contributed by atoms with E-state index in [0.29, 0.717) is 22.7 Å². The lowest BCUT2D eigenvalue weighted by Gasteiger charge is -2.09. The van der Waals surface area contributed by atoms with E-state index in [1.165, 1.54) is 35.2 Å². The first-order valence-electron chi connectivity index (χ1n) is 10.8. The van der Waals surface area contributed by atoms with Crippen molar-refractivity contribution in [3.63, 3.8) is 0 Å². The lowest BCUT2D eigenvalue weighted by molar-refractivity contribution is -0.385. The SMILES string of the molecule is Cc1ccc(C(=O)Nc2cc(-c3ccco3)nn2-c2nc(-c3ccccc3)cc(=O)[nH]2)cc1[N+](=O)[O-]. The van der Waals surface area contributed by atoms with Gasteiger partial charge in [-0.1, -0.05) is 36.4 Å². The van der Waals surface area contributed by atoms with Crippen LogP contribution in [-0.2, 0) is 0 Å². The number of hydrogen-bond donors (Lipinski definition) is 2. The van der Waals surface area contributed by atoms with Crippen LogP contribution >= 0.6 is 0 Å². The second-order valence-electron chi connectivity index (χ2n) is 7.84. The van der Waals surface area contributed by atoms with Gasteiger partial charge >= 0.3 is 0 Å². The summed E-state index contributed by atoms with van der Waals surface area (Å²) < 4.78 is 6.70. The zero-order chi connectivity index (χ0) is 25.2. The van der Waals surface area contributed by atoms with E-state index in [-0.39, 0.29) is 23.0 Å². The van der Waals surface area contributed by atoms with Gasteiger partial charge in [0.05, 0.1) is 16.9 Å². The predicted molar refractivity (Wildman–Crippen MR) is 131 cm³/mol. The zero-order valence-corrected chi connectivity index (χ0v) is 18.8. The molecule has 11 heteroatoms. The number of anilines is 1. The van der Waals surface area contributed by atoms with E-state index in [9.17, 15) is 19.7 Å². The van der Waals surface area contributed by atoms with Crippen LogP contribution in [0.15, 0.2) is 88.3 Å². The Morgan fingerprint density at radius 1 is 1.06 bits per heavy atom. The van der Waals surface area contributed by atoms with Crippen LogP contribution in [0, 0.1) is 17.0 Å². The number of nitro benzene ring substituents is 1. The number of rotatable bonds is 6. The molecular weight excluding hydrogens is 464 g/mol. The summed E-state index contributed by atoms with van der Waals surface area (Å²) in [7, 11) is 0. The fourth-order valence-electron chi connectivity index (χ4n) is 3.61. The first-order valence-corrected chi connectivity index (χ1v) is 10.8. The van der Waals surface area contributed by atoms with Crippen LogP contribution in [-0.4, -0.2) is 30.6 Å². The Morgan fingerprint density at radius 3 is 2.58 bits per heavy atom. The molecule has 0 bridgehead atoms. The summed E-state index contributed by atoms with van der Waals surface area (Å²) in [5, 5.41) is 18.5. The third kappa shape index (κ3) is 4.40. The Morgan fingerprint density at radius 2 is 1.86 bits per heavy atom. The molecule has 178 valence electrons. The first-order chi connectivity index (χ1) is 17.4. The van der Waals surface area contributed by atoms with Crippen LogP contribution in [0.1, 0.15) is 15.9 Å². The fourth-order valence-corrected chi connectivity index (χ4v) is 3.61. The predicted octanol–water partition coefficient (Wildman–Crippen LogP) is 4.35. The van der Waals surface area contributed by atoms with Gasteiger partial charge in [0.25, 0.3) is 17.2 Å². The second kappa shape index (κ2) is 9.14. The first kappa shape index (κ1) is 22.5. The van der Waals surface area contributed by atoms with Crippen molar-refractivity contribution < 1.29 is 14.1 Å². The van der Waals surface area contributed by atoms with Crippen molar-refractivity contribution in [2.24, 2.45) is 0 Å². The molecule has 0 saturated carbocycles. The molecule has 36 heavy (non-hydrogen) atoms. The maximum atomic E-state index is 13.0. The summed E-state index contributed by atoms with van der Waals surface area (Å²) in [6.07, 6.45) is 1.48. The molecule has 0 aliphatic rings. The quantitative estimate of drug-likeness (QED) is 0.270. The van der Waals surface area contributed by atoms with E-state index in [2.05, 4.69) is 20.4 Å². The summed E-state index contributed by atoms with van der Waals surface area (Å²) >= 11 is 0. The smallest absolute Gasteiger partial charge is 0.273 e. The Kier molecular flexibility index (Phi) is 5.71. The van der Waals surface area contributed by atoms with Gasteiger partial charge in [-0.3, -0.25) is 24.7 Å². The van der Waals surface area contributed by atoms with E-state index in [0.717, 1.165) is 5.56 Å². The number of aromatic amines is 1. The molecule has 3 heterocycles. The van der Waals surface area contributed by atoms with Crippen LogP contribution in [0.25, 0.3) is 28.7 Å². The molecule has 3 aromatic heterocycles. The van der Waals surface area contributed by atoms with Crippen molar-refractivity contribution in [2.45, 2.75) is 6.92 Å². The van der Waals surface area contributed by atoms with Crippen LogP contribution in [0.5, 0.6) is 0 Å². The van der Waals surface area contributed by atoms with Crippen LogP contribution in [0.3, 0.4) is 0 Å². The number of carbonyl (C=O) groups is 1. The number of benzene rings is 2. The third-order valence-corrected chi connectivity index (χ3v) is 5.39. The van der Waals surface area contributed by atoms with Crippen molar-refractivity contribution in [2.75, 3.05) is 5.32 Å². The van der Waals surface area contributed by atoms with Crippen molar-refractivity contribution in [3.05, 3.63) is 111 Å². The molecule has 0 radical (unpaired) electrons. The fraction of sp³-hybridized carbons (Fsp3) is 0.0400. The molecule has 0 atom stereocenters. The molecule has 0 aliphatic carbocycles. The number of nitro groups is 1. The minimum atomic E-state index is -0.605. The number of carbonyl (C=O) groups excluding carboxylic acids is 1. The van der Waals surface area contributed by atoms with E-state index >= 15 is 0 Å². The summed E-state index contributed by atoms with van der Waals surface area (Å²) in [6.45, 7) is 1.59. The molecule has 11 nitrogen and oxygen atoms in total. The van der Waals surface area contributed by atoms with E-state index < -0.39 is 16.4 Å². The molecular formula is C25H18N6O5. The lowest BCUT2D eigenvalue weighted by Crippen LogP contribution is -2.19. The number of aryl methyl sites for hydroxylation is 1. The van der Waals surface area contributed by atoms with Crippen LogP contribution in [0.2, 0.25) is 0 Å². The van der Waals surface area contributed by atoms with Crippen molar-refractivity contribution >= 4 is 17.4 Å². The van der Waals surface area contributed by atoms with Gasteiger partial charge in [0.15, 0.2) is 5.76 Å². The standard InChI is InChI=1S/C25H18N6O5/c1-15-9-10-17(12-20(15)31(34)35)24(33)27-22-13-19(21-8-5-11-36-21)29-30(22)25-26-18(14-23(32)28-25)16-6-3-2-4-7-16/h2-14H,1H3,(H,27,33)(H,26,28,32). The van der Waals surface area contributed by atoms with Gasteiger partial charge in [0, 0.05) is 34.9 Å². The Bertz CT molecular complexity index is 1640. The molecule has 0 spiro atoms. The van der Waals surface area contributed by atoms with Crippen molar-refractivity contribution in [1.82, 2.24) is 19.7 Å². The average molecular weight is 482 g/mol. The van der Waals surface area contributed by atoms with Gasteiger partial charge < -0.3 is 9.73 Å². The molecule has 5 rings (SSSR count). The highest BCUT2D eigenvalue weighted by Crippen LogP contribution is 2.26. The van der Waals surface area contributed by atoms with Gasteiger partial charge in [0.2, 0.25) is 5.95 Å². The summed E-state index contributed by atoms with van der Waals surface area (Å²) in [4.78, 5) is 43.5. The topological polar surface area (TPSA) is 149 Å². The zero-order valence-electron chi connectivity index (χ0n) is 18.8. The molecule has 0 fully saturated rings. The average Bonchev–Trinajstić information content (AvgIpc) is 3.55. The molecule has 1 amide bonds. The monoisotopic (exact) mass is 482 g/mol. The normalized spacial score (nSPS) is 10.8. The van der Waals surface area contributed by atoms with Gasteiger partial charge in [-0.25, -0.2) is 4.98 Å². The largest absolute Gasteiger partial charge is 0.463 e. The molecule has 2 N–H and O–H groups in total. The third-order valence-electron chi connectivity index (χ3n) is 5.39. The van der Waals surface area contributed by atoms with Gasteiger partial charge in [0.1, 0.15) is 11.5 Å². The van der Waals surface area contributed by atoms with E-state index in [1.807, 2.05) is 30.3 Å². The number of nitrogens with zero attached hydrogens (tertiary/aromatic N) is 4.